The summed E-state index contributed by atoms with van der Waals surface area (Å²) in [6.07, 6.45) is 1.45. The van der Waals surface area contributed by atoms with Crippen LogP contribution >= 0.6 is 11.6 Å². The third-order valence-electron chi connectivity index (χ3n) is 5.27. The smallest absolute Gasteiger partial charge is 0.243 e. The predicted molar refractivity (Wildman–Crippen MR) is 127 cm³/mol. The standard InChI is InChI=1S/C26H26ClN3O/c1-18(2)28-26(31)24(16-15-19-9-4-3-5-10-19)30-23-14-7-6-13-22(23)29-25(30)20-11-8-12-21(27)17-20/h3-14,17-18,24H,15-16H2,1-2H3,(H,28,31). The van der Waals surface area contributed by atoms with E-state index in [-0.39, 0.29) is 11.9 Å². The highest BCUT2D eigenvalue weighted by molar-refractivity contribution is 6.30. The van der Waals surface area contributed by atoms with Gasteiger partial charge in [0, 0.05) is 16.6 Å². The van der Waals surface area contributed by atoms with Crippen molar-refractivity contribution in [1.82, 2.24) is 14.9 Å². The number of benzene rings is 3. The van der Waals surface area contributed by atoms with Crippen LogP contribution < -0.4 is 5.32 Å². The van der Waals surface area contributed by atoms with Gasteiger partial charge in [0.2, 0.25) is 5.91 Å². The van der Waals surface area contributed by atoms with Gasteiger partial charge < -0.3 is 9.88 Å². The van der Waals surface area contributed by atoms with Crippen molar-refractivity contribution in [3.8, 4) is 11.4 Å². The summed E-state index contributed by atoms with van der Waals surface area (Å²) in [6.45, 7) is 3.96. The summed E-state index contributed by atoms with van der Waals surface area (Å²) in [5, 5.41) is 3.75. The Morgan fingerprint density at radius 1 is 1.00 bits per heavy atom. The van der Waals surface area contributed by atoms with Gasteiger partial charge in [-0.05, 0) is 56.5 Å². The molecule has 0 bridgehead atoms. The largest absolute Gasteiger partial charge is 0.352 e. The summed E-state index contributed by atoms with van der Waals surface area (Å²) in [5.41, 5.74) is 3.90. The lowest BCUT2D eigenvalue weighted by Crippen LogP contribution is -2.37. The van der Waals surface area contributed by atoms with Crippen molar-refractivity contribution in [1.29, 1.82) is 0 Å². The van der Waals surface area contributed by atoms with Gasteiger partial charge in [-0.15, -0.1) is 0 Å². The number of nitrogens with one attached hydrogen (secondary N) is 1. The summed E-state index contributed by atoms with van der Waals surface area (Å²) in [5.74, 6) is 0.748. The van der Waals surface area contributed by atoms with Gasteiger partial charge in [0.25, 0.3) is 0 Å². The van der Waals surface area contributed by atoms with Gasteiger partial charge in [-0.3, -0.25) is 4.79 Å². The van der Waals surface area contributed by atoms with Crippen LogP contribution in [0.4, 0.5) is 0 Å². The topological polar surface area (TPSA) is 46.9 Å². The van der Waals surface area contributed by atoms with Crippen LogP contribution in [0, 0.1) is 0 Å². The predicted octanol–water partition coefficient (Wildman–Crippen LogP) is 6.06. The van der Waals surface area contributed by atoms with E-state index >= 15 is 0 Å². The summed E-state index contributed by atoms with van der Waals surface area (Å²) >= 11 is 6.28. The van der Waals surface area contributed by atoms with Crippen molar-refractivity contribution >= 4 is 28.5 Å². The molecule has 1 atom stereocenters. The highest BCUT2D eigenvalue weighted by atomic mass is 35.5. The summed E-state index contributed by atoms with van der Waals surface area (Å²) < 4.78 is 2.07. The number of carbonyl (C=O) groups excluding carboxylic acids is 1. The molecule has 0 saturated heterocycles. The van der Waals surface area contributed by atoms with Crippen molar-refractivity contribution in [2.75, 3.05) is 0 Å². The highest BCUT2D eigenvalue weighted by Gasteiger charge is 2.26. The maximum atomic E-state index is 13.4. The number of fused-ring (bicyclic) bond motifs is 1. The van der Waals surface area contributed by atoms with Gasteiger partial charge in [0.1, 0.15) is 11.9 Å². The maximum absolute atomic E-state index is 13.4. The Bertz CT molecular complexity index is 1180. The molecule has 1 N–H and O–H groups in total. The Hall–Kier alpha value is -3.11. The first-order valence-corrected chi connectivity index (χ1v) is 11.0. The second-order valence-electron chi connectivity index (χ2n) is 8.01. The molecule has 4 nitrogen and oxygen atoms in total. The first kappa shape index (κ1) is 21.1. The summed E-state index contributed by atoms with van der Waals surface area (Å²) in [7, 11) is 0. The Morgan fingerprint density at radius 2 is 1.74 bits per heavy atom. The molecule has 1 heterocycles. The van der Waals surface area contributed by atoms with Gasteiger partial charge in [-0.2, -0.15) is 0 Å². The number of halogens is 1. The zero-order chi connectivity index (χ0) is 21.8. The molecule has 0 fully saturated rings. The minimum Gasteiger partial charge on any atom is -0.352 e. The molecule has 3 aromatic carbocycles. The first-order valence-electron chi connectivity index (χ1n) is 10.6. The van der Waals surface area contributed by atoms with Crippen molar-refractivity contribution < 1.29 is 4.79 Å². The number of hydrogen-bond acceptors (Lipinski definition) is 2. The van der Waals surface area contributed by atoms with Gasteiger partial charge in [0.15, 0.2) is 0 Å². The van der Waals surface area contributed by atoms with Gasteiger partial charge in [0.05, 0.1) is 11.0 Å². The number of amides is 1. The van der Waals surface area contributed by atoms with Crippen LogP contribution in [0.3, 0.4) is 0 Å². The molecule has 0 aliphatic carbocycles. The van der Waals surface area contributed by atoms with Crippen molar-refractivity contribution in [3.05, 3.63) is 89.4 Å². The molecule has 31 heavy (non-hydrogen) atoms. The Labute approximate surface area is 187 Å². The second-order valence-corrected chi connectivity index (χ2v) is 8.44. The lowest BCUT2D eigenvalue weighted by Gasteiger charge is -2.23. The molecule has 1 amide bonds. The number of aryl methyl sites for hydroxylation is 1. The molecule has 0 aliphatic heterocycles. The molecule has 1 aromatic heterocycles. The van der Waals surface area contributed by atoms with Crippen LogP contribution in [0.1, 0.15) is 31.9 Å². The second kappa shape index (κ2) is 9.36. The number of hydrogen-bond donors (Lipinski definition) is 1. The third-order valence-corrected chi connectivity index (χ3v) is 5.51. The molecule has 4 rings (SSSR count). The van der Waals surface area contributed by atoms with Gasteiger partial charge in [-0.1, -0.05) is 66.2 Å². The lowest BCUT2D eigenvalue weighted by atomic mass is 10.0. The SMILES string of the molecule is CC(C)NC(=O)C(CCc1ccccc1)n1c(-c2cccc(Cl)c2)nc2ccccc21. The molecular weight excluding hydrogens is 406 g/mol. The van der Waals surface area contributed by atoms with Crippen LogP contribution in [0.5, 0.6) is 0 Å². The maximum Gasteiger partial charge on any atom is 0.243 e. The van der Waals surface area contributed by atoms with E-state index < -0.39 is 6.04 Å². The first-order chi connectivity index (χ1) is 15.0. The van der Waals surface area contributed by atoms with E-state index in [4.69, 9.17) is 16.6 Å². The molecule has 0 saturated carbocycles. The Balaban J connectivity index is 1.83. The monoisotopic (exact) mass is 431 g/mol. The normalized spacial score (nSPS) is 12.3. The average molecular weight is 432 g/mol. The number of carbonyl (C=O) groups is 1. The molecule has 0 spiro atoms. The zero-order valence-electron chi connectivity index (χ0n) is 17.8. The van der Waals surface area contributed by atoms with E-state index in [0.717, 1.165) is 28.8 Å². The fourth-order valence-corrected chi connectivity index (χ4v) is 4.09. The fourth-order valence-electron chi connectivity index (χ4n) is 3.90. The van der Waals surface area contributed by atoms with E-state index in [1.807, 2.05) is 80.6 Å². The van der Waals surface area contributed by atoms with Crippen LogP contribution in [0.2, 0.25) is 5.02 Å². The van der Waals surface area contributed by atoms with E-state index in [9.17, 15) is 4.79 Å². The molecule has 0 radical (unpaired) electrons. The molecule has 5 heteroatoms. The third kappa shape index (κ3) is 4.80. The number of imidazole rings is 1. The molecule has 158 valence electrons. The number of nitrogens with zero attached hydrogens (tertiary/aromatic N) is 2. The number of rotatable bonds is 7. The van der Waals surface area contributed by atoms with Crippen LogP contribution in [-0.4, -0.2) is 21.5 Å². The van der Waals surface area contributed by atoms with Gasteiger partial charge in [-0.25, -0.2) is 4.98 Å². The van der Waals surface area contributed by atoms with E-state index in [2.05, 4.69) is 22.0 Å². The van der Waals surface area contributed by atoms with Crippen molar-refractivity contribution in [3.63, 3.8) is 0 Å². The number of para-hydroxylation sites is 2. The van der Waals surface area contributed by atoms with Crippen LogP contribution in [0.15, 0.2) is 78.9 Å². The number of aromatic nitrogens is 2. The minimum atomic E-state index is -0.399. The zero-order valence-corrected chi connectivity index (χ0v) is 18.5. The van der Waals surface area contributed by atoms with Crippen molar-refractivity contribution in [2.24, 2.45) is 0 Å². The highest BCUT2D eigenvalue weighted by Crippen LogP contribution is 2.32. The fraction of sp³-hybridized carbons (Fsp3) is 0.231. The average Bonchev–Trinajstić information content (AvgIpc) is 3.14. The van der Waals surface area contributed by atoms with E-state index in [1.165, 1.54) is 5.56 Å². The molecule has 0 aliphatic rings. The Kier molecular flexibility index (Phi) is 6.38. The molecule has 1 unspecified atom stereocenters. The van der Waals surface area contributed by atoms with Crippen LogP contribution in [0.25, 0.3) is 22.4 Å². The minimum absolute atomic E-state index is 0.00244. The lowest BCUT2D eigenvalue weighted by molar-refractivity contribution is -0.124. The van der Waals surface area contributed by atoms with Crippen LogP contribution in [-0.2, 0) is 11.2 Å². The van der Waals surface area contributed by atoms with E-state index in [0.29, 0.717) is 11.4 Å². The quantitative estimate of drug-likeness (QED) is 0.387. The van der Waals surface area contributed by atoms with Gasteiger partial charge >= 0.3 is 0 Å². The Morgan fingerprint density at radius 3 is 2.48 bits per heavy atom. The summed E-state index contributed by atoms with van der Waals surface area (Å²) in [6, 6.07) is 25.5. The summed E-state index contributed by atoms with van der Waals surface area (Å²) in [4.78, 5) is 18.3. The van der Waals surface area contributed by atoms with Crippen molar-refractivity contribution in [2.45, 2.75) is 38.8 Å². The van der Waals surface area contributed by atoms with E-state index in [1.54, 1.807) is 0 Å². The molecular formula is C26H26ClN3O. The molecule has 4 aromatic rings.